The second-order valence-corrected chi connectivity index (χ2v) is 3.79. The molecular formula is C6H6ClKO3S. The zero-order valence-corrected chi connectivity index (χ0v) is 11.1. The molecule has 0 amide bonds. The third kappa shape index (κ3) is 3.84. The van der Waals surface area contributed by atoms with E-state index in [1.54, 1.807) is 0 Å². The summed E-state index contributed by atoms with van der Waals surface area (Å²) < 4.78 is 29.5. The van der Waals surface area contributed by atoms with E-state index in [4.69, 9.17) is 16.2 Å². The van der Waals surface area contributed by atoms with Crippen molar-refractivity contribution in [1.82, 2.24) is 0 Å². The van der Waals surface area contributed by atoms with E-state index in [2.05, 4.69) is 0 Å². The maximum absolute atomic E-state index is 10.5. The average Bonchev–Trinajstić information content (AvgIpc) is 1.86. The van der Waals surface area contributed by atoms with E-state index in [0.29, 0.717) is 0 Å². The topological polar surface area (TPSA) is 54.4 Å². The molecular weight excluding hydrogens is 227 g/mol. The molecule has 1 rings (SSSR count). The summed E-state index contributed by atoms with van der Waals surface area (Å²) in [5.74, 6) is 0. The maximum atomic E-state index is 10.5. The van der Waals surface area contributed by atoms with Gasteiger partial charge in [-0.2, -0.15) is 8.42 Å². The molecule has 0 fully saturated rings. The van der Waals surface area contributed by atoms with Crippen molar-refractivity contribution in [2.24, 2.45) is 0 Å². The van der Waals surface area contributed by atoms with Crippen molar-refractivity contribution >= 4 is 21.7 Å². The molecule has 0 aliphatic rings. The van der Waals surface area contributed by atoms with E-state index in [1.807, 2.05) is 0 Å². The molecule has 6 heteroatoms. The van der Waals surface area contributed by atoms with Gasteiger partial charge in [0.25, 0.3) is 10.1 Å². The van der Waals surface area contributed by atoms with Crippen molar-refractivity contribution in [2.75, 3.05) is 0 Å². The molecule has 0 saturated carbocycles. The third-order valence-electron chi connectivity index (χ3n) is 1.09. The first-order valence-corrected chi connectivity index (χ1v) is 4.55. The van der Waals surface area contributed by atoms with Crippen molar-refractivity contribution in [3.63, 3.8) is 0 Å². The van der Waals surface area contributed by atoms with Gasteiger partial charge in [0.2, 0.25) is 0 Å². The Bertz CT molecular complexity index is 368. The molecule has 3 nitrogen and oxygen atoms in total. The first kappa shape index (κ1) is 13.1. The van der Waals surface area contributed by atoms with Gasteiger partial charge in [-0.15, -0.1) is 0 Å². The predicted molar refractivity (Wildman–Crippen MR) is 42.4 cm³/mol. The summed E-state index contributed by atoms with van der Waals surface area (Å²) in [5, 5.41) is 0.278. The van der Waals surface area contributed by atoms with Crippen LogP contribution < -0.4 is 51.4 Å². The second-order valence-electron chi connectivity index (χ2n) is 1.93. The number of hydrogen-bond donors (Lipinski definition) is 1. The molecule has 1 N–H and O–H groups in total. The smallest absolute Gasteiger partial charge is 1.00 e. The average molecular weight is 233 g/mol. The summed E-state index contributed by atoms with van der Waals surface area (Å²) in [5.41, 5.74) is 0. The first-order valence-electron chi connectivity index (χ1n) is 2.73. The quantitative estimate of drug-likeness (QED) is 0.484. The van der Waals surface area contributed by atoms with Crippen LogP contribution in [-0.2, 0) is 10.1 Å². The fraction of sp³-hybridized carbons (Fsp3) is 0. The molecule has 0 heterocycles. The molecule has 0 aromatic heterocycles. The standard InChI is InChI=1S/C6H5ClO3S.K.H/c7-5-2-1-3-6(4-5)11(8,9)10;;/h1-4H,(H,8,9,10);;/q;+1;-1. The molecule has 1 aromatic rings. The zero-order valence-electron chi connectivity index (χ0n) is 7.36. The molecule has 0 bridgehead atoms. The minimum absolute atomic E-state index is 0. The minimum Gasteiger partial charge on any atom is -1.00 e. The van der Waals surface area contributed by atoms with Crippen molar-refractivity contribution in [3.8, 4) is 0 Å². The Kier molecular flexibility index (Phi) is 5.51. The van der Waals surface area contributed by atoms with Crippen LogP contribution in [0.3, 0.4) is 0 Å². The van der Waals surface area contributed by atoms with Crippen LogP contribution in [0.5, 0.6) is 0 Å². The number of rotatable bonds is 1. The first-order chi connectivity index (χ1) is 5.00. The summed E-state index contributed by atoms with van der Waals surface area (Å²) >= 11 is 5.48. The summed E-state index contributed by atoms with van der Waals surface area (Å²) in [6.45, 7) is 0. The largest absolute Gasteiger partial charge is 1.00 e. The van der Waals surface area contributed by atoms with Gasteiger partial charge in [-0.25, -0.2) is 0 Å². The van der Waals surface area contributed by atoms with Crippen LogP contribution in [0.25, 0.3) is 0 Å². The van der Waals surface area contributed by atoms with Gasteiger partial charge in [0.1, 0.15) is 0 Å². The minimum atomic E-state index is -4.11. The molecule has 62 valence electrons. The van der Waals surface area contributed by atoms with E-state index in [0.717, 1.165) is 0 Å². The molecule has 0 saturated heterocycles. The molecule has 0 atom stereocenters. The Labute approximate surface area is 120 Å². The summed E-state index contributed by atoms with van der Waals surface area (Å²) in [7, 11) is -4.11. The number of hydrogen-bond acceptors (Lipinski definition) is 2. The van der Waals surface area contributed by atoms with Gasteiger partial charge in [0, 0.05) is 5.02 Å². The Morgan fingerprint density at radius 2 is 2.00 bits per heavy atom. The fourth-order valence-corrected chi connectivity index (χ4v) is 1.41. The van der Waals surface area contributed by atoms with Crippen molar-refractivity contribution in [3.05, 3.63) is 29.3 Å². The Morgan fingerprint density at radius 1 is 1.42 bits per heavy atom. The zero-order chi connectivity index (χ0) is 8.48. The molecule has 0 radical (unpaired) electrons. The molecule has 0 spiro atoms. The SMILES string of the molecule is O=S(=O)(O)c1cccc(Cl)c1.[H-].[K+]. The van der Waals surface area contributed by atoms with Crippen LogP contribution in [0.15, 0.2) is 29.2 Å². The van der Waals surface area contributed by atoms with Gasteiger partial charge < -0.3 is 1.43 Å². The van der Waals surface area contributed by atoms with Crippen LogP contribution in [0.2, 0.25) is 5.02 Å². The normalized spacial score (nSPS) is 10.5. The van der Waals surface area contributed by atoms with E-state index < -0.39 is 10.1 Å². The van der Waals surface area contributed by atoms with E-state index >= 15 is 0 Å². The molecule has 1 aromatic carbocycles. The van der Waals surface area contributed by atoms with Crippen molar-refractivity contribution < 1.29 is 65.8 Å². The summed E-state index contributed by atoms with van der Waals surface area (Å²) in [4.78, 5) is -0.190. The predicted octanol–water partition coefficient (Wildman–Crippen LogP) is -1.30. The van der Waals surface area contributed by atoms with E-state index in [1.165, 1.54) is 24.3 Å². The Balaban J connectivity index is 0. The maximum Gasteiger partial charge on any atom is 1.00 e. The van der Waals surface area contributed by atoms with E-state index in [9.17, 15) is 8.42 Å². The monoisotopic (exact) mass is 232 g/mol. The Hall–Kier alpha value is 1.06. The van der Waals surface area contributed by atoms with Crippen molar-refractivity contribution in [1.29, 1.82) is 0 Å². The second kappa shape index (κ2) is 5.07. The van der Waals surface area contributed by atoms with Crippen LogP contribution >= 0.6 is 11.6 Å². The van der Waals surface area contributed by atoms with Crippen LogP contribution in [0.1, 0.15) is 1.43 Å². The number of halogens is 1. The van der Waals surface area contributed by atoms with Gasteiger partial charge in [0.15, 0.2) is 0 Å². The molecule has 0 aliphatic carbocycles. The summed E-state index contributed by atoms with van der Waals surface area (Å²) in [6, 6.07) is 5.42. The Morgan fingerprint density at radius 3 is 2.33 bits per heavy atom. The van der Waals surface area contributed by atoms with Crippen LogP contribution in [-0.4, -0.2) is 13.0 Å². The molecule has 0 unspecified atom stereocenters. The number of benzene rings is 1. The molecule has 12 heavy (non-hydrogen) atoms. The van der Waals surface area contributed by atoms with E-state index in [-0.39, 0.29) is 62.7 Å². The van der Waals surface area contributed by atoms with Gasteiger partial charge >= 0.3 is 51.4 Å². The summed E-state index contributed by atoms with van der Waals surface area (Å²) in [6.07, 6.45) is 0. The fourth-order valence-electron chi connectivity index (χ4n) is 0.627. The third-order valence-corrected chi connectivity index (χ3v) is 2.18. The van der Waals surface area contributed by atoms with Gasteiger partial charge in [-0.05, 0) is 18.2 Å². The van der Waals surface area contributed by atoms with Crippen LogP contribution in [0, 0.1) is 0 Å². The van der Waals surface area contributed by atoms with Gasteiger partial charge in [-0.3, -0.25) is 4.55 Å². The van der Waals surface area contributed by atoms with Crippen molar-refractivity contribution in [2.45, 2.75) is 4.90 Å². The molecule has 0 aliphatic heterocycles. The van der Waals surface area contributed by atoms with Gasteiger partial charge in [0.05, 0.1) is 4.90 Å². The van der Waals surface area contributed by atoms with Crippen LogP contribution in [0.4, 0.5) is 0 Å². The van der Waals surface area contributed by atoms with Gasteiger partial charge in [-0.1, -0.05) is 17.7 Å².